The monoisotopic (exact) mass is 386 g/mol. The minimum Gasteiger partial charge on any atom is -0.423 e. The van der Waals surface area contributed by atoms with E-state index in [2.05, 4.69) is 21.7 Å². The summed E-state index contributed by atoms with van der Waals surface area (Å²) >= 11 is 0. The summed E-state index contributed by atoms with van der Waals surface area (Å²) in [5.74, 6) is 1.28. The standard InChI is InChI=1S/C19H26N6O3/c20-11-15-18(28-17(22-15)13-5-6-13)25-9-7-24(8-10-25)12-16(26)23-19(27)21-14-3-1-2-4-14/h13-14H,1-10,12H2,(H2,21,23,26,27). The molecule has 3 aliphatic rings. The average molecular weight is 386 g/mol. The van der Waals surface area contributed by atoms with E-state index in [1.54, 1.807) is 0 Å². The van der Waals surface area contributed by atoms with Crippen molar-refractivity contribution in [1.29, 1.82) is 5.26 Å². The molecule has 28 heavy (non-hydrogen) atoms. The summed E-state index contributed by atoms with van der Waals surface area (Å²) in [5, 5.41) is 14.6. The van der Waals surface area contributed by atoms with Crippen molar-refractivity contribution >= 4 is 17.8 Å². The van der Waals surface area contributed by atoms with E-state index in [1.165, 1.54) is 0 Å². The number of oxazole rings is 1. The Morgan fingerprint density at radius 3 is 2.50 bits per heavy atom. The van der Waals surface area contributed by atoms with E-state index >= 15 is 0 Å². The molecule has 1 aliphatic heterocycles. The first-order valence-corrected chi connectivity index (χ1v) is 10.1. The largest absolute Gasteiger partial charge is 0.423 e. The molecule has 3 fully saturated rings. The van der Waals surface area contributed by atoms with Gasteiger partial charge in [-0.15, -0.1) is 0 Å². The molecule has 0 aromatic carbocycles. The Balaban J connectivity index is 1.23. The zero-order valence-electron chi connectivity index (χ0n) is 15.9. The number of rotatable bonds is 5. The van der Waals surface area contributed by atoms with Crippen LogP contribution in [0, 0.1) is 11.3 Å². The van der Waals surface area contributed by atoms with Crippen LogP contribution in [-0.2, 0) is 4.79 Å². The molecule has 2 N–H and O–H groups in total. The molecule has 2 heterocycles. The maximum Gasteiger partial charge on any atom is 0.321 e. The minimum absolute atomic E-state index is 0.181. The SMILES string of the molecule is N#Cc1nc(C2CC2)oc1N1CCN(CC(=O)NC(=O)NC2CCCC2)CC1. The highest BCUT2D eigenvalue weighted by molar-refractivity contribution is 5.95. The Bertz CT molecular complexity index is 767. The molecule has 1 saturated heterocycles. The molecular formula is C19H26N6O3. The maximum absolute atomic E-state index is 12.1. The van der Waals surface area contributed by atoms with Gasteiger partial charge in [-0.1, -0.05) is 12.8 Å². The molecule has 1 aromatic heterocycles. The van der Waals surface area contributed by atoms with E-state index in [1.807, 2.05) is 9.80 Å². The average Bonchev–Trinajstić information content (AvgIpc) is 3.23. The number of imide groups is 1. The van der Waals surface area contributed by atoms with Gasteiger partial charge in [-0.2, -0.15) is 5.26 Å². The zero-order valence-corrected chi connectivity index (χ0v) is 15.9. The molecule has 4 rings (SSSR count). The summed E-state index contributed by atoms with van der Waals surface area (Å²) in [6, 6.07) is 1.91. The van der Waals surface area contributed by atoms with Crippen molar-refractivity contribution < 1.29 is 14.0 Å². The second-order valence-electron chi connectivity index (χ2n) is 7.86. The van der Waals surface area contributed by atoms with Crippen LogP contribution >= 0.6 is 0 Å². The predicted octanol–water partition coefficient (Wildman–Crippen LogP) is 1.31. The van der Waals surface area contributed by atoms with Crippen LogP contribution in [0.5, 0.6) is 0 Å². The van der Waals surface area contributed by atoms with E-state index in [4.69, 9.17) is 4.42 Å². The summed E-state index contributed by atoms with van der Waals surface area (Å²) in [7, 11) is 0. The van der Waals surface area contributed by atoms with Crippen LogP contribution in [0.3, 0.4) is 0 Å². The summed E-state index contributed by atoms with van der Waals surface area (Å²) in [5.41, 5.74) is 0.344. The first kappa shape index (κ1) is 18.7. The Hall–Kier alpha value is -2.60. The van der Waals surface area contributed by atoms with E-state index in [0.717, 1.165) is 38.5 Å². The van der Waals surface area contributed by atoms with Gasteiger partial charge in [0.25, 0.3) is 0 Å². The molecule has 150 valence electrons. The van der Waals surface area contributed by atoms with Crippen molar-refractivity contribution in [2.75, 3.05) is 37.6 Å². The van der Waals surface area contributed by atoms with E-state index in [0.29, 0.717) is 49.6 Å². The van der Waals surface area contributed by atoms with Gasteiger partial charge in [0.15, 0.2) is 0 Å². The number of amides is 3. The lowest BCUT2D eigenvalue weighted by Gasteiger charge is -2.33. The highest BCUT2D eigenvalue weighted by atomic mass is 16.4. The fourth-order valence-electron chi connectivity index (χ4n) is 3.89. The van der Waals surface area contributed by atoms with Gasteiger partial charge in [0, 0.05) is 38.1 Å². The number of carbonyl (C=O) groups excluding carboxylic acids is 2. The zero-order chi connectivity index (χ0) is 19.5. The molecule has 0 atom stereocenters. The third-order valence-corrected chi connectivity index (χ3v) is 5.63. The quantitative estimate of drug-likeness (QED) is 0.784. The van der Waals surface area contributed by atoms with Crippen LogP contribution in [0.4, 0.5) is 10.7 Å². The van der Waals surface area contributed by atoms with Crippen molar-refractivity contribution in [1.82, 2.24) is 20.5 Å². The van der Waals surface area contributed by atoms with Crippen LogP contribution < -0.4 is 15.5 Å². The van der Waals surface area contributed by atoms with Gasteiger partial charge in [-0.3, -0.25) is 15.0 Å². The number of urea groups is 1. The smallest absolute Gasteiger partial charge is 0.321 e. The number of nitrogens with zero attached hydrogens (tertiary/aromatic N) is 4. The molecular weight excluding hydrogens is 360 g/mol. The Labute approximate surface area is 164 Å². The van der Waals surface area contributed by atoms with Gasteiger partial charge in [0.2, 0.25) is 23.4 Å². The summed E-state index contributed by atoms with van der Waals surface area (Å²) in [6.45, 7) is 2.79. The summed E-state index contributed by atoms with van der Waals surface area (Å²) in [6.07, 6.45) is 6.37. The van der Waals surface area contributed by atoms with Crippen molar-refractivity contribution in [3.8, 4) is 6.07 Å². The van der Waals surface area contributed by atoms with Gasteiger partial charge in [0.1, 0.15) is 6.07 Å². The molecule has 1 aromatic rings. The fraction of sp³-hybridized carbons (Fsp3) is 0.684. The normalized spacial score (nSPS) is 20.8. The molecule has 9 heteroatoms. The lowest BCUT2D eigenvalue weighted by atomic mass is 10.2. The first-order chi connectivity index (χ1) is 13.6. The number of nitrogens with one attached hydrogen (secondary N) is 2. The summed E-state index contributed by atoms with van der Waals surface area (Å²) < 4.78 is 5.84. The number of hydrogen-bond acceptors (Lipinski definition) is 7. The number of anilines is 1. The molecule has 2 saturated carbocycles. The third kappa shape index (κ3) is 4.44. The van der Waals surface area contributed by atoms with Crippen LogP contribution in [0.2, 0.25) is 0 Å². The van der Waals surface area contributed by atoms with Gasteiger partial charge < -0.3 is 14.6 Å². The van der Waals surface area contributed by atoms with Crippen molar-refractivity contribution in [3.05, 3.63) is 11.6 Å². The van der Waals surface area contributed by atoms with Crippen molar-refractivity contribution in [2.45, 2.75) is 50.5 Å². The number of nitriles is 1. The van der Waals surface area contributed by atoms with E-state index in [-0.39, 0.29) is 18.5 Å². The van der Waals surface area contributed by atoms with Crippen molar-refractivity contribution in [3.63, 3.8) is 0 Å². The van der Waals surface area contributed by atoms with Crippen molar-refractivity contribution in [2.24, 2.45) is 0 Å². The Kier molecular flexibility index (Phi) is 5.48. The Morgan fingerprint density at radius 2 is 1.86 bits per heavy atom. The predicted molar refractivity (Wildman–Crippen MR) is 101 cm³/mol. The third-order valence-electron chi connectivity index (χ3n) is 5.63. The fourth-order valence-corrected chi connectivity index (χ4v) is 3.89. The lowest BCUT2D eigenvalue weighted by Crippen LogP contribution is -2.51. The number of piperazine rings is 1. The molecule has 2 aliphatic carbocycles. The number of aromatic nitrogens is 1. The van der Waals surface area contributed by atoms with E-state index in [9.17, 15) is 14.9 Å². The van der Waals surface area contributed by atoms with Gasteiger partial charge in [0.05, 0.1) is 6.54 Å². The molecule has 3 amide bonds. The number of hydrogen-bond donors (Lipinski definition) is 2. The second-order valence-corrected chi connectivity index (χ2v) is 7.86. The molecule has 0 radical (unpaired) electrons. The Morgan fingerprint density at radius 1 is 1.14 bits per heavy atom. The summed E-state index contributed by atoms with van der Waals surface area (Å²) in [4.78, 5) is 32.4. The highest BCUT2D eigenvalue weighted by Gasteiger charge is 2.32. The molecule has 0 unspecified atom stereocenters. The van der Waals surface area contributed by atoms with Crippen LogP contribution in [-0.4, -0.2) is 60.6 Å². The van der Waals surface area contributed by atoms with Gasteiger partial charge in [-0.05, 0) is 25.7 Å². The van der Waals surface area contributed by atoms with Crippen LogP contribution in [0.1, 0.15) is 56.0 Å². The van der Waals surface area contributed by atoms with E-state index < -0.39 is 6.03 Å². The maximum atomic E-state index is 12.1. The molecule has 9 nitrogen and oxygen atoms in total. The lowest BCUT2D eigenvalue weighted by molar-refractivity contribution is -0.121. The van der Waals surface area contributed by atoms with Gasteiger partial charge in [-0.25, -0.2) is 9.78 Å². The van der Waals surface area contributed by atoms with Crippen LogP contribution in [0.15, 0.2) is 4.42 Å². The molecule has 0 spiro atoms. The van der Waals surface area contributed by atoms with Crippen LogP contribution in [0.25, 0.3) is 0 Å². The highest BCUT2D eigenvalue weighted by Crippen LogP contribution is 2.41. The minimum atomic E-state index is -0.400. The second kappa shape index (κ2) is 8.19. The van der Waals surface area contributed by atoms with Gasteiger partial charge >= 0.3 is 6.03 Å². The molecule has 0 bridgehead atoms. The topological polar surface area (TPSA) is 114 Å². The first-order valence-electron chi connectivity index (χ1n) is 10.1. The number of carbonyl (C=O) groups is 2.